The second-order valence-corrected chi connectivity index (χ2v) is 12.4. The Morgan fingerprint density at radius 2 is 0.979 bits per heavy atom. The first kappa shape index (κ1) is 26.8. The number of aliphatic imine (C=N–C) groups is 1. The van der Waals surface area contributed by atoms with E-state index in [0.29, 0.717) is 0 Å². The lowest BCUT2D eigenvalue weighted by Crippen LogP contribution is -2.21. The van der Waals surface area contributed by atoms with Crippen molar-refractivity contribution in [3.05, 3.63) is 181 Å². The monoisotopic (exact) mass is 613 g/mol. The standard InChI is InChI=1S/C44H29N4/c1-3-13-29(14-4-1)43-44(46-38-20-10-9-19-37(38)45-43)48-40-22-12-8-18-34(40)36-28-31(24-26-42(36)48)30-23-25-41-35(27-30)33-17-7-11-21-39(33)47(41)32-15-5-2-6-16-32/h1-28,44H/q-1. The van der Waals surface area contributed by atoms with Crippen LogP contribution in [0.2, 0.25) is 0 Å². The molecule has 0 N–H and O–H groups in total. The van der Waals surface area contributed by atoms with E-state index in [9.17, 15) is 0 Å². The summed E-state index contributed by atoms with van der Waals surface area (Å²) < 4.78 is 4.73. The molecule has 4 nitrogen and oxygen atoms in total. The predicted octanol–water partition coefficient (Wildman–Crippen LogP) is 11.9. The fourth-order valence-electron chi connectivity index (χ4n) is 7.50. The Balaban J connectivity index is 1.16. The zero-order valence-electron chi connectivity index (χ0n) is 26.0. The molecule has 0 saturated heterocycles. The summed E-state index contributed by atoms with van der Waals surface area (Å²) in [6, 6.07) is 60.4. The second kappa shape index (κ2) is 10.6. The molecular formula is C44H29N4-. The first-order chi connectivity index (χ1) is 23.8. The molecule has 0 aliphatic carbocycles. The highest BCUT2D eigenvalue weighted by Crippen LogP contribution is 2.46. The maximum Gasteiger partial charge on any atom is 0.0541 e. The molecule has 4 heteroatoms. The van der Waals surface area contributed by atoms with Gasteiger partial charge in [0.1, 0.15) is 0 Å². The number of hydrogen-bond donors (Lipinski definition) is 0. The van der Waals surface area contributed by atoms with Gasteiger partial charge < -0.3 is 14.5 Å². The van der Waals surface area contributed by atoms with Crippen LogP contribution in [0.15, 0.2) is 175 Å². The minimum absolute atomic E-state index is 0.309. The summed E-state index contributed by atoms with van der Waals surface area (Å²) in [4.78, 5) is 5.21. The van der Waals surface area contributed by atoms with E-state index in [-0.39, 0.29) is 6.17 Å². The summed E-state index contributed by atoms with van der Waals surface area (Å²) in [7, 11) is 0. The number of benzene rings is 7. The Labute approximate surface area is 277 Å². The van der Waals surface area contributed by atoms with Gasteiger partial charge in [0.25, 0.3) is 0 Å². The number of rotatable bonds is 4. The topological polar surface area (TPSA) is 36.3 Å². The lowest BCUT2D eigenvalue weighted by molar-refractivity contribution is 0.793. The molecule has 2 aromatic heterocycles. The fraction of sp³-hybridized carbons (Fsp3) is 0.0227. The van der Waals surface area contributed by atoms with Gasteiger partial charge in [-0.25, -0.2) is 0 Å². The molecule has 3 heterocycles. The summed E-state index contributed by atoms with van der Waals surface area (Å²) in [5.41, 5.74) is 12.1. The van der Waals surface area contributed by atoms with Gasteiger partial charge in [-0.15, -0.1) is 5.69 Å². The van der Waals surface area contributed by atoms with Crippen LogP contribution in [0.5, 0.6) is 0 Å². The predicted molar refractivity (Wildman–Crippen MR) is 200 cm³/mol. The molecule has 48 heavy (non-hydrogen) atoms. The third-order valence-electron chi connectivity index (χ3n) is 9.67. The van der Waals surface area contributed by atoms with Crippen molar-refractivity contribution >= 4 is 60.7 Å². The van der Waals surface area contributed by atoms with Crippen LogP contribution in [0, 0.1) is 0 Å². The molecule has 0 bridgehead atoms. The largest absolute Gasteiger partial charge is 0.658 e. The maximum absolute atomic E-state index is 5.35. The van der Waals surface area contributed by atoms with Gasteiger partial charge in [0.2, 0.25) is 0 Å². The molecule has 0 fully saturated rings. The first-order valence-electron chi connectivity index (χ1n) is 16.4. The quantitative estimate of drug-likeness (QED) is 0.189. The van der Waals surface area contributed by atoms with Gasteiger partial charge in [0.05, 0.1) is 16.7 Å². The zero-order chi connectivity index (χ0) is 31.6. The highest BCUT2D eigenvalue weighted by atomic mass is 15.2. The van der Waals surface area contributed by atoms with Gasteiger partial charge in [0.15, 0.2) is 0 Å². The van der Waals surface area contributed by atoms with E-state index < -0.39 is 0 Å². The highest BCUT2D eigenvalue weighted by Gasteiger charge is 2.22. The van der Waals surface area contributed by atoms with Crippen molar-refractivity contribution in [2.75, 3.05) is 0 Å². The van der Waals surface area contributed by atoms with E-state index in [4.69, 9.17) is 10.3 Å². The minimum Gasteiger partial charge on any atom is -0.658 e. The van der Waals surface area contributed by atoms with E-state index in [1.165, 1.54) is 49.4 Å². The van der Waals surface area contributed by atoms with Gasteiger partial charge >= 0.3 is 0 Å². The third kappa shape index (κ3) is 4.06. The molecule has 1 aliphatic heterocycles. The van der Waals surface area contributed by atoms with Crippen LogP contribution >= 0.6 is 0 Å². The van der Waals surface area contributed by atoms with Crippen LogP contribution in [0.25, 0.3) is 65.7 Å². The average molecular weight is 614 g/mol. The van der Waals surface area contributed by atoms with Crippen molar-refractivity contribution in [2.45, 2.75) is 6.17 Å². The average Bonchev–Trinajstić information content (AvgIpc) is 3.67. The summed E-state index contributed by atoms with van der Waals surface area (Å²) >= 11 is 0. The molecule has 1 aliphatic rings. The van der Waals surface area contributed by atoms with Crippen molar-refractivity contribution in [1.29, 1.82) is 0 Å². The SMILES string of the molecule is c1ccc(C2=Nc3ccccc3[N-]C2n2c3ccccc3c3cc(-c4ccc5c(c4)c4ccccc4n5-c4ccccc4)ccc32)cc1. The smallest absolute Gasteiger partial charge is 0.0541 e. The number of aromatic nitrogens is 2. The number of hydrogen-bond acceptors (Lipinski definition) is 1. The number of nitrogens with zero attached hydrogens (tertiary/aromatic N) is 4. The van der Waals surface area contributed by atoms with E-state index in [1.807, 2.05) is 24.3 Å². The van der Waals surface area contributed by atoms with Crippen molar-refractivity contribution in [1.82, 2.24) is 9.13 Å². The zero-order valence-corrected chi connectivity index (χ0v) is 26.0. The molecule has 0 amide bonds. The van der Waals surface area contributed by atoms with Crippen LogP contribution in [-0.4, -0.2) is 14.8 Å². The molecule has 7 aromatic carbocycles. The van der Waals surface area contributed by atoms with E-state index in [2.05, 4.69) is 155 Å². The molecule has 226 valence electrons. The molecule has 0 spiro atoms. The van der Waals surface area contributed by atoms with E-state index >= 15 is 0 Å². The molecule has 1 atom stereocenters. The van der Waals surface area contributed by atoms with Crippen LogP contribution in [0.4, 0.5) is 11.4 Å². The number of fused-ring (bicyclic) bond motifs is 7. The third-order valence-corrected chi connectivity index (χ3v) is 9.67. The van der Waals surface area contributed by atoms with Crippen molar-refractivity contribution in [2.24, 2.45) is 4.99 Å². The van der Waals surface area contributed by atoms with Crippen LogP contribution in [0.3, 0.4) is 0 Å². The molecule has 10 rings (SSSR count). The van der Waals surface area contributed by atoms with Gasteiger partial charge in [-0.3, -0.25) is 4.99 Å². The number of para-hydroxylation sites is 5. The van der Waals surface area contributed by atoms with E-state index in [0.717, 1.165) is 33.7 Å². The van der Waals surface area contributed by atoms with Gasteiger partial charge in [-0.2, -0.15) is 0 Å². The molecule has 0 radical (unpaired) electrons. The van der Waals surface area contributed by atoms with Crippen LogP contribution < -0.4 is 0 Å². The summed E-state index contributed by atoms with van der Waals surface area (Å²) in [5, 5.41) is 10.3. The minimum atomic E-state index is -0.309. The Morgan fingerprint density at radius 3 is 1.75 bits per heavy atom. The fourth-order valence-corrected chi connectivity index (χ4v) is 7.50. The Morgan fingerprint density at radius 1 is 0.438 bits per heavy atom. The molecule has 0 saturated carbocycles. The van der Waals surface area contributed by atoms with Gasteiger partial charge in [-0.05, 0) is 71.3 Å². The lowest BCUT2D eigenvalue weighted by atomic mass is 10.0. The summed E-state index contributed by atoms with van der Waals surface area (Å²) in [5.74, 6) is 0. The summed E-state index contributed by atoms with van der Waals surface area (Å²) in [6.07, 6.45) is -0.309. The molecule has 1 unspecified atom stereocenters. The normalized spacial score (nSPS) is 14.3. The van der Waals surface area contributed by atoms with Crippen molar-refractivity contribution < 1.29 is 0 Å². The first-order valence-corrected chi connectivity index (χ1v) is 16.4. The molecule has 9 aromatic rings. The van der Waals surface area contributed by atoms with Crippen molar-refractivity contribution in [3.63, 3.8) is 0 Å². The van der Waals surface area contributed by atoms with Gasteiger partial charge in [0, 0.05) is 50.1 Å². The van der Waals surface area contributed by atoms with Gasteiger partial charge in [-0.1, -0.05) is 115 Å². The van der Waals surface area contributed by atoms with Crippen LogP contribution in [0.1, 0.15) is 11.7 Å². The summed E-state index contributed by atoms with van der Waals surface area (Å²) in [6.45, 7) is 0. The van der Waals surface area contributed by atoms with E-state index in [1.54, 1.807) is 0 Å². The Bertz CT molecular complexity index is 2700. The maximum atomic E-state index is 5.35. The highest BCUT2D eigenvalue weighted by molar-refractivity contribution is 6.15. The molecular weight excluding hydrogens is 585 g/mol. The lowest BCUT2D eigenvalue weighted by Gasteiger charge is -2.41. The Kier molecular flexibility index (Phi) is 5.90. The van der Waals surface area contributed by atoms with Crippen LogP contribution in [-0.2, 0) is 0 Å². The Hall–Kier alpha value is -6.39. The second-order valence-electron chi connectivity index (χ2n) is 12.4. The van der Waals surface area contributed by atoms with Crippen molar-refractivity contribution in [3.8, 4) is 16.8 Å².